The van der Waals surface area contributed by atoms with Crippen molar-refractivity contribution in [2.24, 2.45) is 5.16 Å². The van der Waals surface area contributed by atoms with Crippen molar-refractivity contribution >= 4 is 18.2 Å². The van der Waals surface area contributed by atoms with E-state index in [0.717, 1.165) is 11.1 Å². The highest BCUT2D eigenvalue weighted by molar-refractivity contribution is 5.99. The van der Waals surface area contributed by atoms with Crippen molar-refractivity contribution in [2.45, 2.75) is 25.2 Å². The second kappa shape index (κ2) is 10.3. The first-order valence-electron chi connectivity index (χ1n) is 9.62. The highest BCUT2D eigenvalue weighted by Gasteiger charge is 2.48. The van der Waals surface area contributed by atoms with E-state index < -0.39 is 18.2 Å². The van der Waals surface area contributed by atoms with Crippen LogP contribution in [0.3, 0.4) is 0 Å². The van der Waals surface area contributed by atoms with Gasteiger partial charge >= 0.3 is 6.09 Å². The lowest BCUT2D eigenvalue weighted by Gasteiger charge is -2.45. The van der Waals surface area contributed by atoms with Gasteiger partial charge in [-0.15, -0.1) is 0 Å². The number of rotatable bonds is 9. The van der Waals surface area contributed by atoms with Gasteiger partial charge in [-0.1, -0.05) is 35.5 Å². The molecular formula is C22H25N3O6. The second-order valence-corrected chi connectivity index (χ2v) is 6.76. The van der Waals surface area contributed by atoms with Gasteiger partial charge < -0.3 is 29.3 Å². The molecule has 0 aromatic heterocycles. The summed E-state index contributed by atoms with van der Waals surface area (Å²) in [6.45, 7) is 0.376. The standard InChI is InChI=1S/C22H25N3O6/c1-28-17-10-9-16(19(11-17)29-2)13-25-18(12-23-30-3)20(21(25)26)24-22(27)31-14-15-7-5-4-6-8-15/h4-12,18,20H,13-14H2,1-3H3,(H,24,27)/t18-,20+/m1/s1. The molecule has 31 heavy (non-hydrogen) atoms. The lowest BCUT2D eigenvalue weighted by atomic mass is 9.95. The van der Waals surface area contributed by atoms with Gasteiger partial charge in [-0.2, -0.15) is 0 Å². The van der Waals surface area contributed by atoms with Gasteiger partial charge in [0.25, 0.3) is 0 Å². The van der Waals surface area contributed by atoms with E-state index >= 15 is 0 Å². The molecule has 1 N–H and O–H groups in total. The summed E-state index contributed by atoms with van der Waals surface area (Å²) in [6.07, 6.45) is 0.791. The number of likely N-dealkylation sites (tertiary alicyclic amines) is 1. The minimum atomic E-state index is -0.800. The molecule has 2 atom stereocenters. The van der Waals surface area contributed by atoms with Crippen LogP contribution >= 0.6 is 0 Å². The van der Waals surface area contributed by atoms with Crippen molar-refractivity contribution in [1.82, 2.24) is 10.2 Å². The molecule has 2 amide bonds. The average molecular weight is 427 g/mol. The molecule has 0 saturated carbocycles. The summed E-state index contributed by atoms with van der Waals surface area (Å²) < 4.78 is 15.8. The van der Waals surface area contributed by atoms with Crippen molar-refractivity contribution in [2.75, 3.05) is 21.3 Å². The monoisotopic (exact) mass is 427 g/mol. The predicted molar refractivity (Wildman–Crippen MR) is 113 cm³/mol. The molecule has 1 aliphatic heterocycles. The van der Waals surface area contributed by atoms with Crippen LogP contribution in [0.25, 0.3) is 0 Å². The van der Waals surface area contributed by atoms with Crippen LogP contribution in [0.5, 0.6) is 11.5 Å². The minimum Gasteiger partial charge on any atom is -0.497 e. The van der Waals surface area contributed by atoms with Crippen LogP contribution in [0.15, 0.2) is 53.7 Å². The summed E-state index contributed by atoms with van der Waals surface area (Å²) in [7, 11) is 4.52. The van der Waals surface area contributed by atoms with Gasteiger partial charge in [-0.05, 0) is 17.7 Å². The number of hydrogen-bond donors (Lipinski definition) is 1. The van der Waals surface area contributed by atoms with Crippen LogP contribution < -0.4 is 14.8 Å². The zero-order chi connectivity index (χ0) is 22.2. The molecule has 2 aromatic rings. The van der Waals surface area contributed by atoms with Crippen LogP contribution in [0.2, 0.25) is 0 Å². The zero-order valence-electron chi connectivity index (χ0n) is 17.6. The lowest BCUT2D eigenvalue weighted by molar-refractivity contribution is -0.147. The maximum atomic E-state index is 12.8. The molecule has 1 heterocycles. The van der Waals surface area contributed by atoms with Crippen LogP contribution in [0.1, 0.15) is 11.1 Å². The zero-order valence-corrected chi connectivity index (χ0v) is 17.6. The second-order valence-electron chi connectivity index (χ2n) is 6.76. The number of ether oxygens (including phenoxy) is 3. The number of carbonyl (C=O) groups is 2. The van der Waals surface area contributed by atoms with Gasteiger partial charge in [0, 0.05) is 11.6 Å². The Hall–Kier alpha value is -3.75. The summed E-state index contributed by atoms with van der Waals surface area (Å²) in [5.74, 6) is 0.976. The molecular weight excluding hydrogens is 402 g/mol. The molecule has 0 aliphatic carbocycles. The number of benzene rings is 2. The van der Waals surface area contributed by atoms with Gasteiger partial charge in [-0.25, -0.2) is 4.79 Å². The van der Waals surface area contributed by atoms with Gasteiger partial charge in [0.2, 0.25) is 5.91 Å². The summed E-state index contributed by atoms with van der Waals surface area (Å²) in [5.41, 5.74) is 1.64. The largest absolute Gasteiger partial charge is 0.497 e. The van der Waals surface area contributed by atoms with E-state index in [1.165, 1.54) is 13.3 Å². The van der Waals surface area contributed by atoms with Crippen molar-refractivity contribution in [1.29, 1.82) is 0 Å². The van der Waals surface area contributed by atoms with Gasteiger partial charge in [0.05, 0.1) is 27.0 Å². The summed E-state index contributed by atoms with van der Waals surface area (Å²) in [6, 6.07) is 13.3. The van der Waals surface area contributed by atoms with Crippen molar-refractivity contribution in [3.05, 3.63) is 59.7 Å². The quantitative estimate of drug-likeness (QED) is 0.375. The maximum absolute atomic E-state index is 12.8. The number of hydrogen-bond acceptors (Lipinski definition) is 7. The number of amides is 2. The molecule has 9 heteroatoms. The Kier molecular flexibility index (Phi) is 7.31. The first-order valence-corrected chi connectivity index (χ1v) is 9.62. The fourth-order valence-corrected chi connectivity index (χ4v) is 3.25. The van der Waals surface area contributed by atoms with E-state index in [9.17, 15) is 9.59 Å². The number of alkyl carbamates (subject to hydrolysis) is 1. The molecule has 1 aliphatic rings. The number of methoxy groups -OCH3 is 2. The first-order chi connectivity index (χ1) is 15.1. The van der Waals surface area contributed by atoms with Crippen LogP contribution in [0.4, 0.5) is 4.79 Å². The number of carbonyl (C=O) groups excluding carboxylic acids is 2. The Morgan fingerprint density at radius 2 is 1.90 bits per heavy atom. The Morgan fingerprint density at radius 3 is 2.58 bits per heavy atom. The third-order valence-corrected chi connectivity index (χ3v) is 4.89. The Balaban J connectivity index is 1.66. The molecule has 0 bridgehead atoms. The summed E-state index contributed by atoms with van der Waals surface area (Å²) in [4.78, 5) is 31.3. The van der Waals surface area contributed by atoms with Crippen LogP contribution in [-0.2, 0) is 27.5 Å². The number of nitrogens with one attached hydrogen (secondary N) is 1. The predicted octanol–water partition coefficient (Wildman–Crippen LogP) is 2.34. The summed E-state index contributed by atoms with van der Waals surface area (Å²) >= 11 is 0. The van der Waals surface area contributed by atoms with Crippen LogP contribution in [0, 0.1) is 0 Å². The normalized spacial score (nSPS) is 17.8. The number of nitrogens with zero attached hydrogens (tertiary/aromatic N) is 2. The van der Waals surface area contributed by atoms with Gasteiger partial charge in [0.15, 0.2) is 0 Å². The maximum Gasteiger partial charge on any atom is 0.408 e. The Labute approximate surface area is 180 Å². The molecule has 3 rings (SSSR count). The van der Waals surface area contributed by atoms with Crippen molar-refractivity contribution in [3.8, 4) is 11.5 Å². The minimum absolute atomic E-state index is 0.108. The lowest BCUT2D eigenvalue weighted by Crippen LogP contribution is -2.70. The SMILES string of the molecule is CON=C[C@@H]1[C@H](NC(=O)OCc2ccccc2)C(=O)N1Cc1ccc(OC)cc1OC. The van der Waals surface area contributed by atoms with E-state index in [-0.39, 0.29) is 19.1 Å². The fraction of sp³-hybridized carbons (Fsp3) is 0.318. The van der Waals surface area contributed by atoms with E-state index in [0.29, 0.717) is 11.5 Å². The number of oxime groups is 1. The molecule has 0 spiro atoms. The molecule has 9 nitrogen and oxygen atoms in total. The molecule has 0 unspecified atom stereocenters. The highest BCUT2D eigenvalue weighted by atomic mass is 16.6. The fourth-order valence-electron chi connectivity index (χ4n) is 3.25. The molecule has 164 valence electrons. The molecule has 1 saturated heterocycles. The van der Waals surface area contributed by atoms with Crippen LogP contribution in [-0.4, -0.2) is 56.5 Å². The molecule has 0 radical (unpaired) electrons. The van der Waals surface area contributed by atoms with E-state index in [4.69, 9.17) is 19.0 Å². The van der Waals surface area contributed by atoms with Gasteiger partial charge in [-0.3, -0.25) is 4.79 Å². The molecule has 2 aromatic carbocycles. The topological polar surface area (TPSA) is 98.7 Å². The average Bonchev–Trinajstić information content (AvgIpc) is 2.81. The van der Waals surface area contributed by atoms with E-state index in [1.807, 2.05) is 36.4 Å². The third kappa shape index (κ3) is 5.25. The third-order valence-electron chi connectivity index (χ3n) is 4.89. The Morgan fingerprint density at radius 1 is 1.13 bits per heavy atom. The first kappa shape index (κ1) is 21.9. The van der Waals surface area contributed by atoms with Crippen molar-refractivity contribution in [3.63, 3.8) is 0 Å². The Bertz CT molecular complexity index is 934. The highest BCUT2D eigenvalue weighted by Crippen LogP contribution is 2.29. The summed E-state index contributed by atoms with van der Waals surface area (Å²) in [5, 5.41) is 6.39. The molecule has 1 fully saturated rings. The smallest absolute Gasteiger partial charge is 0.408 e. The van der Waals surface area contributed by atoms with E-state index in [2.05, 4.69) is 10.5 Å². The number of β-lactam (4-membered cyclic amide) rings is 1. The van der Waals surface area contributed by atoms with Gasteiger partial charge in [0.1, 0.15) is 37.3 Å². The van der Waals surface area contributed by atoms with Crippen molar-refractivity contribution < 1.29 is 28.6 Å². The van der Waals surface area contributed by atoms with E-state index in [1.54, 1.807) is 31.3 Å².